The van der Waals surface area contributed by atoms with Crippen molar-refractivity contribution < 1.29 is 14.6 Å². The number of azide groups is 1. The molecule has 6 heteroatoms. The molecule has 4 aliphatic carbocycles. The standard InChI is InChI=1S/C25H41N3O3/c1-15(5-8-22(30)31-4)18-6-7-19-23-20(10-12-25(18,19)3)24(2)11-9-17(27-28-26)13-16(24)14-21(23)29/h15-21,23,29H,5-14H2,1-4H3/t15-,16?,17-,18-,19-,20-,21+,23?,24+,25-/m1/s1. The first-order valence-corrected chi connectivity index (χ1v) is 12.5. The molecule has 0 bridgehead atoms. The van der Waals surface area contributed by atoms with E-state index in [0.29, 0.717) is 41.9 Å². The zero-order chi connectivity index (χ0) is 22.4. The number of methoxy groups -OCH3 is 1. The van der Waals surface area contributed by atoms with Gasteiger partial charge < -0.3 is 9.84 Å². The SMILES string of the molecule is COC(=O)CC[C@@H](C)[C@H]1CC[C@@H]2C3[C@@H](CC[C@@]21C)[C@@]1(C)CC[C@@H](N=[N+]=[N-])CC1C[C@@H]3O. The lowest BCUT2D eigenvalue weighted by molar-refractivity contribution is -0.166. The van der Waals surface area contributed by atoms with Crippen LogP contribution in [-0.2, 0) is 9.53 Å². The molecule has 0 amide bonds. The lowest BCUT2D eigenvalue weighted by Crippen LogP contribution is -2.58. The van der Waals surface area contributed by atoms with Gasteiger partial charge in [-0.25, -0.2) is 0 Å². The fraction of sp³-hybridized carbons (Fsp3) is 0.960. The van der Waals surface area contributed by atoms with Crippen LogP contribution in [0.1, 0.15) is 85.0 Å². The average molecular weight is 432 g/mol. The van der Waals surface area contributed by atoms with Crippen molar-refractivity contribution in [3.05, 3.63) is 10.4 Å². The van der Waals surface area contributed by atoms with E-state index in [2.05, 4.69) is 30.8 Å². The summed E-state index contributed by atoms with van der Waals surface area (Å²) in [6, 6.07) is 0.104. The highest BCUT2D eigenvalue weighted by molar-refractivity contribution is 5.69. The lowest BCUT2D eigenvalue weighted by Gasteiger charge is -2.62. The smallest absolute Gasteiger partial charge is 0.305 e. The number of ether oxygens (including phenoxy) is 1. The molecule has 0 aromatic rings. The zero-order valence-corrected chi connectivity index (χ0v) is 19.8. The first kappa shape index (κ1) is 22.9. The fourth-order valence-electron chi connectivity index (χ4n) is 9.00. The number of esters is 1. The first-order valence-electron chi connectivity index (χ1n) is 12.5. The Morgan fingerprint density at radius 2 is 1.87 bits per heavy atom. The maximum absolute atomic E-state index is 11.7. The molecule has 0 radical (unpaired) electrons. The molecule has 31 heavy (non-hydrogen) atoms. The maximum atomic E-state index is 11.7. The van der Waals surface area contributed by atoms with E-state index >= 15 is 0 Å². The number of aliphatic hydroxyl groups is 1. The van der Waals surface area contributed by atoms with E-state index in [0.717, 1.165) is 32.1 Å². The van der Waals surface area contributed by atoms with E-state index in [1.54, 1.807) is 0 Å². The molecule has 0 aliphatic heterocycles. The minimum Gasteiger partial charge on any atom is -0.469 e. The van der Waals surface area contributed by atoms with Crippen LogP contribution in [0, 0.1) is 46.3 Å². The molecule has 0 spiro atoms. The lowest BCUT2D eigenvalue weighted by atomic mass is 9.43. The summed E-state index contributed by atoms with van der Waals surface area (Å²) >= 11 is 0. The molecule has 4 fully saturated rings. The molecular formula is C25H41N3O3. The Bertz CT molecular complexity index is 738. The molecule has 0 aromatic carbocycles. The Balaban J connectivity index is 1.52. The second-order valence-corrected chi connectivity index (χ2v) is 11.7. The van der Waals surface area contributed by atoms with Gasteiger partial charge in [0.15, 0.2) is 0 Å². The number of carbonyl (C=O) groups excluding carboxylic acids is 1. The van der Waals surface area contributed by atoms with Crippen molar-refractivity contribution in [2.75, 3.05) is 7.11 Å². The van der Waals surface area contributed by atoms with Crippen LogP contribution in [-0.4, -0.2) is 30.3 Å². The quantitative estimate of drug-likeness (QED) is 0.255. The number of aliphatic hydroxyl groups excluding tert-OH is 1. The van der Waals surface area contributed by atoms with Crippen molar-refractivity contribution in [1.82, 2.24) is 0 Å². The maximum Gasteiger partial charge on any atom is 0.305 e. The van der Waals surface area contributed by atoms with Crippen LogP contribution < -0.4 is 0 Å². The van der Waals surface area contributed by atoms with E-state index < -0.39 is 0 Å². The van der Waals surface area contributed by atoms with Gasteiger partial charge in [-0.2, -0.15) is 0 Å². The van der Waals surface area contributed by atoms with E-state index in [1.807, 2.05) is 0 Å². The van der Waals surface area contributed by atoms with Gasteiger partial charge in [0.25, 0.3) is 0 Å². The molecule has 4 aliphatic rings. The van der Waals surface area contributed by atoms with Crippen LogP contribution in [0.25, 0.3) is 10.4 Å². The van der Waals surface area contributed by atoms with Crippen molar-refractivity contribution in [1.29, 1.82) is 0 Å². The van der Waals surface area contributed by atoms with E-state index in [9.17, 15) is 9.90 Å². The van der Waals surface area contributed by atoms with Crippen LogP contribution in [0.15, 0.2) is 5.11 Å². The second kappa shape index (κ2) is 8.59. The number of hydrogen-bond acceptors (Lipinski definition) is 4. The molecule has 0 heterocycles. The highest BCUT2D eigenvalue weighted by Gasteiger charge is 2.62. The molecule has 6 nitrogen and oxygen atoms in total. The molecule has 4 saturated carbocycles. The molecule has 174 valence electrons. The van der Waals surface area contributed by atoms with Gasteiger partial charge in [-0.15, -0.1) is 0 Å². The van der Waals surface area contributed by atoms with Crippen molar-refractivity contribution in [2.24, 2.45) is 51.5 Å². The van der Waals surface area contributed by atoms with Gasteiger partial charge in [-0.05, 0) is 110 Å². The minimum atomic E-state index is -0.235. The molecule has 10 atom stereocenters. The summed E-state index contributed by atoms with van der Waals surface area (Å²) in [5.74, 6) is 3.06. The van der Waals surface area contributed by atoms with E-state index in [4.69, 9.17) is 10.3 Å². The zero-order valence-electron chi connectivity index (χ0n) is 19.8. The topological polar surface area (TPSA) is 95.3 Å². The Morgan fingerprint density at radius 1 is 1.16 bits per heavy atom. The minimum absolute atomic E-state index is 0.103. The van der Waals surface area contributed by atoms with Crippen molar-refractivity contribution in [2.45, 2.75) is 97.1 Å². The molecule has 0 saturated heterocycles. The number of carbonyl (C=O) groups is 1. The summed E-state index contributed by atoms with van der Waals surface area (Å²) in [4.78, 5) is 14.7. The summed E-state index contributed by atoms with van der Waals surface area (Å²) in [6.45, 7) is 7.28. The molecule has 2 unspecified atom stereocenters. The monoisotopic (exact) mass is 431 g/mol. The number of hydrogen-bond donors (Lipinski definition) is 1. The molecule has 1 N–H and O–H groups in total. The number of rotatable bonds is 5. The van der Waals surface area contributed by atoms with E-state index in [1.165, 1.54) is 32.8 Å². The van der Waals surface area contributed by atoms with Crippen LogP contribution in [0.3, 0.4) is 0 Å². The van der Waals surface area contributed by atoms with Crippen molar-refractivity contribution in [3.63, 3.8) is 0 Å². The Hall–Kier alpha value is -1.26. The first-order chi connectivity index (χ1) is 14.7. The Morgan fingerprint density at radius 3 is 2.58 bits per heavy atom. The summed E-state index contributed by atoms with van der Waals surface area (Å²) in [5, 5.41) is 15.4. The largest absolute Gasteiger partial charge is 0.469 e. The average Bonchev–Trinajstić information content (AvgIpc) is 3.10. The predicted molar refractivity (Wildman–Crippen MR) is 120 cm³/mol. The van der Waals surface area contributed by atoms with Crippen LogP contribution in [0.2, 0.25) is 0 Å². The Labute approximate surface area is 187 Å². The third-order valence-corrected chi connectivity index (χ3v) is 10.7. The third kappa shape index (κ3) is 3.78. The van der Waals surface area contributed by atoms with E-state index in [-0.39, 0.29) is 28.9 Å². The van der Waals surface area contributed by atoms with Gasteiger partial charge in [0.05, 0.1) is 13.2 Å². The van der Waals surface area contributed by atoms with Crippen molar-refractivity contribution >= 4 is 5.97 Å². The number of fused-ring (bicyclic) bond motifs is 5. The van der Waals surface area contributed by atoms with Crippen molar-refractivity contribution in [3.8, 4) is 0 Å². The van der Waals surface area contributed by atoms with Gasteiger partial charge in [0, 0.05) is 17.4 Å². The van der Waals surface area contributed by atoms with Gasteiger partial charge in [0.1, 0.15) is 0 Å². The summed E-state index contributed by atoms with van der Waals surface area (Å²) < 4.78 is 4.87. The van der Waals surface area contributed by atoms with Crippen LogP contribution in [0.4, 0.5) is 0 Å². The number of nitrogens with zero attached hydrogens (tertiary/aromatic N) is 3. The molecular weight excluding hydrogens is 390 g/mol. The fourth-order valence-corrected chi connectivity index (χ4v) is 9.00. The van der Waals surface area contributed by atoms with Gasteiger partial charge in [-0.1, -0.05) is 25.9 Å². The van der Waals surface area contributed by atoms with Crippen LogP contribution in [0.5, 0.6) is 0 Å². The van der Waals surface area contributed by atoms with Crippen LogP contribution >= 0.6 is 0 Å². The van der Waals surface area contributed by atoms with Gasteiger partial charge in [0.2, 0.25) is 0 Å². The summed E-state index contributed by atoms with van der Waals surface area (Å²) in [6.07, 6.45) is 9.97. The highest BCUT2D eigenvalue weighted by Crippen LogP contribution is 2.68. The third-order valence-electron chi connectivity index (χ3n) is 10.7. The Kier molecular flexibility index (Phi) is 6.35. The normalized spacial score (nSPS) is 47.3. The second-order valence-electron chi connectivity index (χ2n) is 11.7. The van der Waals surface area contributed by atoms with Gasteiger partial charge in [-0.3, -0.25) is 4.79 Å². The molecule has 0 aromatic heterocycles. The van der Waals surface area contributed by atoms with Gasteiger partial charge >= 0.3 is 5.97 Å². The molecule has 4 rings (SSSR count). The highest BCUT2D eigenvalue weighted by atomic mass is 16.5. The summed E-state index contributed by atoms with van der Waals surface area (Å²) in [5.41, 5.74) is 9.42. The predicted octanol–water partition coefficient (Wildman–Crippen LogP) is 5.88. The summed E-state index contributed by atoms with van der Waals surface area (Å²) in [7, 11) is 1.47.